The number of aromatic nitrogens is 3. The third-order valence-electron chi connectivity index (χ3n) is 4.45. The maximum atomic E-state index is 4.48. The molecule has 1 aliphatic rings. The zero-order chi connectivity index (χ0) is 16.2. The second-order valence-electron chi connectivity index (χ2n) is 6.08. The maximum absolute atomic E-state index is 4.48. The van der Waals surface area contributed by atoms with Gasteiger partial charge in [0.25, 0.3) is 0 Å². The Balaban J connectivity index is 1.56. The maximum Gasteiger partial charge on any atom is 0.105 e. The molecule has 5 heteroatoms. The Kier molecular flexibility index (Phi) is 4.36. The molecular weight excluding hydrogens is 298 g/mol. The van der Waals surface area contributed by atoms with Crippen molar-refractivity contribution in [3.8, 4) is 0 Å². The standard InChI is InChI=1S/C19H21N5/c1-3-9-20-16(6-1)14-23-12-13-24(15-17-7-2-4-10-21-17)19(23)18-8-5-11-22-18/h1-11,19,22H,12-15H2. The smallest absolute Gasteiger partial charge is 0.105 e. The lowest BCUT2D eigenvalue weighted by Gasteiger charge is -2.29. The number of rotatable bonds is 5. The van der Waals surface area contributed by atoms with E-state index in [0.29, 0.717) is 0 Å². The lowest BCUT2D eigenvalue weighted by atomic mass is 10.2. The fraction of sp³-hybridized carbons (Fsp3) is 0.263. The van der Waals surface area contributed by atoms with Crippen molar-refractivity contribution >= 4 is 0 Å². The molecule has 0 bridgehead atoms. The normalized spacial score (nSPS) is 16.7. The number of H-pyrrole nitrogens is 1. The zero-order valence-electron chi connectivity index (χ0n) is 13.5. The fourth-order valence-electron chi connectivity index (χ4n) is 3.36. The largest absolute Gasteiger partial charge is 0.363 e. The third-order valence-corrected chi connectivity index (χ3v) is 4.45. The van der Waals surface area contributed by atoms with E-state index in [0.717, 1.165) is 37.6 Å². The van der Waals surface area contributed by atoms with Crippen molar-refractivity contribution in [2.75, 3.05) is 13.1 Å². The van der Waals surface area contributed by atoms with E-state index in [2.05, 4.69) is 49.0 Å². The van der Waals surface area contributed by atoms with Gasteiger partial charge in [-0.25, -0.2) is 0 Å². The number of hydrogen-bond acceptors (Lipinski definition) is 4. The van der Waals surface area contributed by atoms with Crippen LogP contribution in [0.5, 0.6) is 0 Å². The monoisotopic (exact) mass is 319 g/mol. The first kappa shape index (κ1) is 15.1. The number of aromatic amines is 1. The summed E-state index contributed by atoms with van der Waals surface area (Å²) in [4.78, 5) is 17.3. The first-order chi connectivity index (χ1) is 11.9. The molecule has 0 unspecified atom stereocenters. The molecule has 0 saturated carbocycles. The molecular formula is C19H21N5. The van der Waals surface area contributed by atoms with Crippen molar-refractivity contribution < 1.29 is 0 Å². The van der Waals surface area contributed by atoms with Gasteiger partial charge in [0.1, 0.15) is 6.17 Å². The van der Waals surface area contributed by atoms with Crippen LogP contribution < -0.4 is 0 Å². The molecule has 4 heterocycles. The van der Waals surface area contributed by atoms with Gasteiger partial charge in [-0.05, 0) is 36.4 Å². The SMILES string of the molecule is c1ccc(CN2CCN(Cc3ccccn3)C2c2ccc[nH]2)nc1. The van der Waals surface area contributed by atoms with E-state index in [1.165, 1.54) is 5.69 Å². The first-order valence-electron chi connectivity index (χ1n) is 8.31. The van der Waals surface area contributed by atoms with Gasteiger partial charge >= 0.3 is 0 Å². The minimum Gasteiger partial charge on any atom is -0.363 e. The Morgan fingerprint density at radius 1 is 0.833 bits per heavy atom. The van der Waals surface area contributed by atoms with Gasteiger partial charge in [-0.1, -0.05) is 12.1 Å². The van der Waals surface area contributed by atoms with E-state index in [-0.39, 0.29) is 6.17 Å². The minimum absolute atomic E-state index is 0.226. The molecule has 0 aliphatic carbocycles. The molecule has 4 rings (SSSR count). The van der Waals surface area contributed by atoms with Crippen molar-refractivity contribution in [3.63, 3.8) is 0 Å². The summed E-state index contributed by atoms with van der Waals surface area (Å²) in [6.45, 7) is 3.74. The highest BCUT2D eigenvalue weighted by atomic mass is 15.4. The van der Waals surface area contributed by atoms with E-state index < -0.39 is 0 Å². The topological polar surface area (TPSA) is 48.0 Å². The van der Waals surface area contributed by atoms with Crippen LogP contribution in [0.2, 0.25) is 0 Å². The van der Waals surface area contributed by atoms with Crippen molar-refractivity contribution in [1.82, 2.24) is 24.8 Å². The second kappa shape index (κ2) is 6.95. The summed E-state index contributed by atoms with van der Waals surface area (Å²) in [6, 6.07) is 16.4. The lowest BCUT2D eigenvalue weighted by Crippen LogP contribution is -2.31. The molecule has 1 N–H and O–H groups in total. The highest BCUT2D eigenvalue weighted by Crippen LogP contribution is 2.31. The van der Waals surface area contributed by atoms with Crippen LogP contribution in [0.1, 0.15) is 23.2 Å². The third kappa shape index (κ3) is 3.22. The van der Waals surface area contributed by atoms with Crippen LogP contribution in [0.3, 0.4) is 0 Å². The average Bonchev–Trinajstić information content (AvgIpc) is 3.27. The summed E-state index contributed by atoms with van der Waals surface area (Å²) in [7, 11) is 0. The van der Waals surface area contributed by atoms with Crippen molar-refractivity contribution in [2.45, 2.75) is 19.3 Å². The summed E-state index contributed by atoms with van der Waals surface area (Å²) in [5, 5.41) is 0. The Morgan fingerprint density at radius 3 is 1.92 bits per heavy atom. The molecule has 0 spiro atoms. The number of nitrogens with zero attached hydrogens (tertiary/aromatic N) is 4. The molecule has 3 aromatic heterocycles. The summed E-state index contributed by atoms with van der Waals surface area (Å²) in [5.74, 6) is 0. The minimum atomic E-state index is 0.226. The Labute approximate surface area is 142 Å². The summed E-state index contributed by atoms with van der Waals surface area (Å²) < 4.78 is 0. The van der Waals surface area contributed by atoms with Gasteiger partial charge in [-0.3, -0.25) is 19.8 Å². The zero-order valence-corrected chi connectivity index (χ0v) is 13.5. The Morgan fingerprint density at radius 2 is 1.46 bits per heavy atom. The summed E-state index contributed by atoms with van der Waals surface area (Å²) in [6.07, 6.45) is 5.94. The summed E-state index contributed by atoms with van der Waals surface area (Å²) >= 11 is 0. The van der Waals surface area contributed by atoms with Crippen LogP contribution in [0, 0.1) is 0 Å². The van der Waals surface area contributed by atoms with Crippen LogP contribution >= 0.6 is 0 Å². The summed E-state index contributed by atoms with van der Waals surface area (Å²) in [5.41, 5.74) is 3.43. The van der Waals surface area contributed by atoms with Crippen molar-refractivity contribution in [1.29, 1.82) is 0 Å². The molecule has 0 radical (unpaired) electrons. The quantitative estimate of drug-likeness (QED) is 0.785. The van der Waals surface area contributed by atoms with E-state index in [9.17, 15) is 0 Å². The molecule has 1 aliphatic heterocycles. The Hall–Kier alpha value is -2.50. The first-order valence-corrected chi connectivity index (χ1v) is 8.31. The average molecular weight is 319 g/mol. The van der Waals surface area contributed by atoms with Gasteiger partial charge in [-0.15, -0.1) is 0 Å². The van der Waals surface area contributed by atoms with Crippen LogP contribution in [-0.2, 0) is 13.1 Å². The highest BCUT2D eigenvalue weighted by Gasteiger charge is 2.34. The van der Waals surface area contributed by atoms with Gasteiger partial charge in [0.15, 0.2) is 0 Å². The number of pyridine rings is 2. The van der Waals surface area contributed by atoms with Crippen LogP contribution in [0.15, 0.2) is 67.1 Å². The van der Waals surface area contributed by atoms with Gasteiger partial charge in [0.05, 0.1) is 11.4 Å². The number of hydrogen-bond donors (Lipinski definition) is 1. The lowest BCUT2D eigenvalue weighted by molar-refractivity contribution is 0.120. The second-order valence-corrected chi connectivity index (χ2v) is 6.08. The van der Waals surface area contributed by atoms with Gasteiger partial charge < -0.3 is 4.98 Å². The molecule has 5 nitrogen and oxygen atoms in total. The number of nitrogens with one attached hydrogen (secondary N) is 1. The highest BCUT2D eigenvalue weighted by molar-refractivity contribution is 5.14. The van der Waals surface area contributed by atoms with E-state index in [1.807, 2.05) is 42.9 Å². The predicted molar refractivity (Wildman–Crippen MR) is 92.8 cm³/mol. The molecule has 122 valence electrons. The Bertz CT molecular complexity index is 692. The molecule has 0 amide bonds. The van der Waals surface area contributed by atoms with Crippen molar-refractivity contribution in [3.05, 3.63) is 84.2 Å². The van der Waals surface area contributed by atoms with Crippen LogP contribution in [0.4, 0.5) is 0 Å². The van der Waals surface area contributed by atoms with Gasteiger partial charge in [-0.2, -0.15) is 0 Å². The molecule has 24 heavy (non-hydrogen) atoms. The molecule has 1 fully saturated rings. The van der Waals surface area contributed by atoms with Gasteiger partial charge in [0, 0.05) is 50.5 Å². The predicted octanol–water partition coefficient (Wildman–Crippen LogP) is 2.82. The molecule has 0 aromatic carbocycles. The van der Waals surface area contributed by atoms with Crippen LogP contribution in [-0.4, -0.2) is 37.8 Å². The van der Waals surface area contributed by atoms with Crippen LogP contribution in [0.25, 0.3) is 0 Å². The molecule has 3 aromatic rings. The van der Waals surface area contributed by atoms with Crippen molar-refractivity contribution in [2.24, 2.45) is 0 Å². The van der Waals surface area contributed by atoms with E-state index in [4.69, 9.17) is 0 Å². The van der Waals surface area contributed by atoms with Gasteiger partial charge in [0.2, 0.25) is 0 Å². The molecule has 0 atom stereocenters. The molecule has 1 saturated heterocycles. The van der Waals surface area contributed by atoms with E-state index in [1.54, 1.807) is 0 Å². The fourth-order valence-corrected chi connectivity index (χ4v) is 3.36. The van der Waals surface area contributed by atoms with E-state index >= 15 is 0 Å².